The van der Waals surface area contributed by atoms with Gasteiger partial charge in [-0.25, -0.2) is 0 Å². The van der Waals surface area contributed by atoms with Gasteiger partial charge in [0.2, 0.25) is 12.7 Å². The van der Waals surface area contributed by atoms with Gasteiger partial charge in [-0.2, -0.15) is 0 Å². The molecule has 7 heteroatoms. The fourth-order valence-corrected chi connectivity index (χ4v) is 4.77. The molecular formula is C25H29N3O4. The summed E-state index contributed by atoms with van der Waals surface area (Å²) in [5, 5.41) is 0. The van der Waals surface area contributed by atoms with E-state index in [1.54, 1.807) is 0 Å². The Morgan fingerprint density at radius 1 is 0.812 bits per heavy atom. The number of carbonyl (C=O) groups is 2. The predicted octanol–water partition coefficient (Wildman–Crippen LogP) is 2.61. The number of fused-ring (bicyclic) bond motifs is 1. The van der Waals surface area contributed by atoms with Crippen LogP contribution in [0.1, 0.15) is 28.8 Å². The van der Waals surface area contributed by atoms with E-state index >= 15 is 0 Å². The molecule has 0 N–H and O–H groups in total. The van der Waals surface area contributed by atoms with Crippen LogP contribution < -0.4 is 9.47 Å². The van der Waals surface area contributed by atoms with Crippen LogP contribution in [0.2, 0.25) is 0 Å². The minimum atomic E-state index is 0.0234. The zero-order valence-corrected chi connectivity index (χ0v) is 18.2. The van der Waals surface area contributed by atoms with E-state index in [1.165, 1.54) is 5.56 Å². The van der Waals surface area contributed by atoms with Crippen LogP contribution in [0.4, 0.5) is 0 Å². The molecule has 2 saturated heterocycles. The maximum absolute atomic E-state index is 13.1. The summed E-state index contributed by atoms with van der Waals surface area (Å²) >= 11 is 0. The van der Waals surface area contributed by atoms with Crippen LogP contribution in [-0.2, 0) is 11.3 Å². The number of nitrogens with zero attached hydrogens (tertiary/aromatic N) is 3. The standard InChI is InChI=1S/C25H29N3O4/c29-24(20-4-2-1-3-5-20)27-10-8-21(9-11-27)25(30)28-14-12-26(13-15-28)17-19-6-7-22-23(16-19)32-18-31-22/h1-7,16,21H,8-15,17-18H2. The van der Waals surface area contributed by atoms with E-state index in [1.807, 2.05) is 52.3 Å². The Hall–Kier alpha value is -3.06. The fourth-order valence-electron chi connectivity index (χ4n) is 4.77. The van der Waals surface area contributed by atoms with E-state index in [0.717, 1.165) is 62.6 Å². The van der Waals surface area contributed by atoms with Gasteiger partial charge in [0.15, 0.2) is 11.5 Å². The highest BCUT2D eigenvalue weighted by Gasteiger charge is 2.32. The molecule has 2 aromatic rings. The lowest BCUT2D eigenvalue weighted by Crippen LogP contribution is -2.51. The third-order valence-corrected chi connectivity index (χ3v) is 6.68. The molecule has 168 valence electrons. The lowest BCUT2D eigenvalue weighted by Gasteiger charge is -2.38. The molecule has 0 atom stereocenters. The predicted molar refractivity (Wildman–Crippen MR) is 119 cm³/mol. The van der Waals surface area contributed by atoms with Crippen molar-refractivity contribution in [3.05, 3.63) is 59.7 Å². The number of ether oxygens (including phenoxy) is 2. The second-order valence-corrected chi connectivity index (χ2v) is 8.72. The van der Waals surface area contributed by atoms with E-state index in [-0.39, 0.29) is 17.7 Å². The molecule has 0 aromatic heterocycles. The number of rotatable bonds is 4. The van der Waals surface area contributed by atoms with Crippen LogP contribution in [0, 0.1) is 5.92 Å². The Balaban J connectivity index is 1.08. The Labute approximate surface area is 188 Å². The van der Waals surface area contributed by atoms with Gasteiger partial charge in [-0.1, -0.05) is 24.3 Å². The molecule has 0 spiro atoms. The van der Waals surface area contributed by atoms with Gasteiger partial charge in [-0.05, 0) is 42.7 Å². The molecule has 7 nitrogen and oxygen atoms in total. The summed E-state index contributed by atoms with van der Waals surface area (Å²) < 4.78 is 10.9. The number of piperidine rings is 1. The Bertz CT molecular complexity index is 964. The zero-order chi connectivity index (χ0) is 21.9. The van der Waals surface area contributed by atoms with E-state index in [0.29, 0.717) is 19.9 Å². The third-order valence-electron chi connectivity index (χ3n) is 6.68. The largest absolute Gasteiger partial charge is 0.454 e. The monoisotopic (exact) mass is 435 g/mol. The SMILES string of the molecule is O=C(c1ccccc1)N1CCC(C(=O)N2CCN(Cc3ccc4c(c3)OCO4)CC2)CC1. The van der Waals surface area contributed by atoms with Crippen molar-refractivity contribution in [1.29, 1.82) is 0 Å². The number of amides is 2. The highest BCUT2D eigenvalue weighted by atomic mass is 16.7. The summed E-state index contributed by atoms with van der Waals surface area (Å²) in [4.78, 5) is 32.0. The summed E-state index contributed by atoms with van der Waals surface area (Å²) in [6.45, 7) is 5.68. The lowest BCUT2D eigenvalue weighted by molar-refractivity contribution is -0.138. The maximum Gasteiger partial charge on any atom is 0.253 e. The third kappa shape index (κ3) is 4.43. The summed E-state index contributed by atoms with van der Waals surface area (Å²) in [6.07, 6.45) is 1.49. The highest BCUT2D eigenvalue weighted by Crippen LogP contribution is 2.33. The molecule has 3 aliphatic heterocycles. The maximum atomic E-state index is 13.1. The average molecular weight is 436 g/mol. The number of hydrogen-bond acceptors (Lipinski definition) is 5. The Kier molecular flexibility index (Phi) is 5.99. The van der Waals surface area contributed by atoms with Gasteiger partial charge < -0.3 is 19.3 Å². The smallest absolute Gasteiger partial charge is 0.253 e. The summed E-state index contributed by atoms with van der Waals surface area (Å²) in [7, 11) is 0. The van der Waals surface area contributed by atoms with Gasteiger partial charge >= 0.3 is 0 Å². The van der Waals surface area contributed by atoms with E-state index in [4.69, 9.17) is 9.47 Å². The number of likely N-dealkylation sites (tertiary alicyclic amines) is 1. The van der Waals surface area contributed by atoms with Gasteiger partial charge in [0, 0.05) is 57.3 Å². The second-order valence-electron chi connectivity index (χ2n) is 8.72. The molecule has 0 radical (unpaired) electrons. The molecule has 5 rings (SSSR count). The van der Waals surface area contributed by atoms with E-state index in [9.17, 15) is 9.59 Å². The minimum Gasteiger partial charge on any atom is -0.454 e. The molecule has 3 aliphatic rings. The zero-order valence-electron chi connectivity index (χ0n) is 18.2. The Morgan fingerprint density at radius 2 is 1.53 bits per heavy atom. The molecule has 3 heterocycles. The van der Waals surface area contributed by atoms with Gasteiger partial charge in [0.05, 0.1) is 0 Å². The molecule has 0 saturated carbocycles. The number of hydrogen-bond donors (Lipinski definition) is 0. The van der Waals surface area contributed by atoms with Crippen molar-refractivity contribution in [1.82, 2.24) is 14.7 Å². The molecular weight excluding hydrogens is 406 g/mol. The number of piperazine rings is 1. The van der Waals surface area contributed by atoms with Gasteiger partial charge in [0.1, 0.15) is 0 Å². The van der Waals surface area contributed by atoms with Crippen molar-refractivity contribution in [3.63, 3.8) is 0 Å². The molecule has 2 fully saturated rings. The van der Waals surface area contributed by atoms with E-state index in [2.05, 4.69) is 11.0 Å². The molecule has 0 aliphatic carbocycles. The average Bonchev–Trinajstić information content (AvgIpc) is 3.32. The van der Waals surface area contributed by atoms with Crippen molar-refractivity contribution in [2.75, 3.05) is 46.1 Å². The number of carbonyl (C=O) groups excluding carboxylic acids is 2. The molecule has 32 heavy (non-hydrogen) atoms. The first kappa shape index (κ1) is 20.8. The fraction of sp³-hybridized carbons (Fsp3) is 0.440. The van der Waals surface area contributed by atoms with Crippen LogP contribution in [0.25, 0.3) is 0 Å². The van der Waals surface area contributed by atoms with Crippen molar-refractivity contribution in [2.24, 2.45) is 5.92 Å². The first-order valence-electron chi connectivity index (χ1n) is 11.4. The topological polar surface area (TPSA) is 62.3 Å². The Morgan fingerprint density at radius 3 is 2.28 bits per heavy atom. The van der Waals surface area contributed by atoms with E-state index < -0.39 is 0 Å². The molecule has 0 unspecified atom stereocenters. The normalized spacial score (nSPS) is 19.2. The van der Waals surface area contributed by atoms with Gasteiger partial charge in [-0.3, -0.25) is 14.5 Å². The van der Waals surface area contributed by atoms with Crippen LogP contribution in [0.5, 0.6) is 11.5 Å². The summed E-state index contributed by atoms with van der Waals surface area (Å²) in [5.41, 5.74) is 1.92. The molecule has 2 aromatic carbocycles. The molecule has 0 bridgehead atoms. The summed E-state index contributed by atoms with van der Waals surface area (Å²) in [6, 6.07) is 15.5. The number of benzene rings is 2. The highest BCUT2D eigenvalue weighted by molar-refractivity contribution is 5.94. The van der Waals surface area contributed by atoms with Gasteiger partial charge in [-0.15, -0.1) is 0 Å². The quantitative estimate of drug-likeness (QED) is 0.739. The van der Waals surface area contributed by atoms with Crippen LogP contribution >= 0.6 is 0 Å². The van der Waals surface area contributed by atoms with Gasteiger partial charge in [0.25, 0.3) is 5.91 Å². The van der Waals surface area contributed by atoms with Crippen LogP contribution in [0.15, 0.2) is 48.5 Å². The first-order chi connectivity index (χ1) is 15.7. The van der Waals surface area contributed by atoms with Crippen molar-refractivity contribution in [3.8, 4) is 11.5 Å². The van der Waals surface area contributed by atoms with Crippen LogP contribution in [-0.4, -0.2) is 72.6 Å². The lowest BCUT2D eigenvalue weighted by atomic mass is 9.94. The van der Waals surface area contributed by atoms with Crippen molar-refractivity contribution >= 4 is 11.8 Å². The van der Waals surface area contributed by atoms with Crippen molar-refractivity contribution in [2.45, 2.75) is 19.4 Å². The summed E-state index contributed by atoms with van der Waals surface area (Å²) in [5.74, 6) is 1.96. The minimum absolute atomic E-state index is 0.0234. The first-order valence-corrected chi connectivity index (χ1v) is 11.4. The van der Waals surface area contributed by atoms with Crippen LogP contribution in [0.3, 0.4) is 0 Å². The second kappa shape index (κ2) is 9.20. The molecule has 2 amide bonds. The van der Waals surface area contributed by atoms with Crippen molar-refractivity contribution < 1.29 is 19.1 Å².